The minimum atomic E-state index is -3.23. The lowest BCUT2D eigenvalue weighted by Gasteiger charge is -2.13. The number of sulfonamides is 1. The third-order valence-corrected chi connectivity index (χ3v) is 4.72. The second-order valence-corrected chi connectivity index (χ2v) is 8.09. The largest absolute Gasteiger partial charge is 0.497 e. The first-order valence-corrected chi connectivity index (χ1v) is 10.5. The molecule has 1 atom stereocenters. The first-order chi connectivity index (χ1) is 13.2. The van der Waals surface area contributed by atoms with E-state index in [1.807, 2.05) is 0 Å². The quantitative estimate of drug-likeness (QED) is 0.507. The van der Waals surface area contributed by atoms with Crippen LogP contribution in [-0.4, -0.2) is 46.2 Å². The molecule has 0 aliphatic carbocycles. The number of nitrogens with one attached hydrogen (secondary N) is 1. The molecule has 0 saturated carbocycles. The summed E-state index contributed by atoms with van der Waals surface area (Å²) < 4.78 is 34.8. The van der Waals surface area contributed by atoms with E-state index in [-0.39, 0.29) is 12.3 Å². The minimum Gasteiger partial charge on any atom is -0.497 e. The highest BCUT2D eigenvalue weighted by atomic mass is 32.2. The number of hydrogen-bond acceptors (Lipinski definition) is 6. The lowest BCUT2D eigenvalue weighted by molar-refractivity contribution is 0.0319. The van der Waals surface area contributed by atoms with Crippen LogP contribution in [-0.2, 0) is 21.2 Å². The summed E-state index contributed by atoms with van der Waals surface area (Å²) in [6.45, 7) is 1.80. The maximum Gasteiger partial charge on any atom is 0.338 e. The molecule has 2 aromatic carbocycles. The van der Waals surface area contributed by atoms with E-state index >= 15 is 0 Å². The number of Topliss-reactive ketones (excluding diaryl/α,β-unsaturated/α-hetero) is 1. The van der Waals surface area contributed by atoms with Gasteiger partial charge in [0.1, 0.15) is 5.75 Å². The molecule has 2 aromatic rings. The van der Waals surface area contributed by atoms with E-state index in [1.165, 1.54) is 14.0 Å². The zero-order valence-corrected chi connectivity index (χ0v) is 16.8. The normalized spacial score (nSPS) is 12.2. The Kier molecular flexibility index (Phi) is 7.31. The Balaban J connectivity index is 1.93. The molecule has 0 bridgehead atoms. The molecule has 0 fully saturated rings. The summed E-state index contributed by atoms with van der Waals surface area (Å²) in [6, 6.07) is 13.2. The lowest BCUT2D eigenvalue weighted by atomic mass is 10.1. The van der Waals surface area contributed by atoms with Crippen LogP contribution in [0.25, 0.3) is 0 Å². The molecule has 0 amide bonds. The van der Waals surface area contributed by atoms with Gasteiger partial charge in [-0.25, -0.2) is 17.9 Å². The summed E-state index contributed by atoms with van der Waals surface area (Å²) >= 11 is 0. The van der Waals surface area contributed by atoms with Crippen molar-refractivity contribution in [1.82, 2.24) is 4.72 Å². The van der Waals surface area contributed by atoms with Crippen LogP contribution in [0.2, 0.25) is 0 Å². The van der Waals surface area contributed by atoms with Gasteiger partial charge < -0.3 is 9.47 Å². The van der Waals surface area contributed by atoms with Gasteiger partial charge in [0.15, 0.2) is 6.10 Å². The molecular formula is C20H23NO6S. The molecule has 0 unspecified atom stereocenters. The highest BCUT2D eigenvalue weighted by Crippen LogP contribution is 2.15. The van der Waals surface area contributed by atoms with Crippen LogP contribution in [0.4, 0.5) is 0 Å². The fourth-order valence-corrected chi connectivity index (χ4v) is 2.93. The molecule has 150 valence electrons. The molecule has 0 aliphatic heterocycles. The average Bonchev–Trinajstić information content (AvgIpc) is 2.67. The first-order valence-electron chi connectivity index (χ1n) is 8.62. The van der Waals surface area contributed by atoms with E-state index < -0.39 is 22.1 Å². The van der Waals surface area contributed by atoms with Crippen molar-refractivity contribution in [2.45, 2.75) is 19.4 Å². The van der Waals surface area contributed by atoms with E-state index in [9.17, 15) is 18.0 Å². The van der Waals surface area contributed by atoms with Crippen molar-refractivity contribution in [3.8, 4) is 5.75 Å². The Labute approximate surface area is 164 Å². The number of methoxy groups -OCH3 is 1. The van der Waals surface area contributed by atoms with Crippen molar-refractivity contribution in [3.05, 3.63) is 65.2 Å². The topological polar surface area (TPSA) is 98.8 Å². The van der Waals surface area contributed by atoms with Crippen molar-refractivity contribution >= 4 is 21.8 Å². The predicted octanol–water partition coefficient (Wildman–Crippen LogP) is 2.22. The second-order valence-electron chi connectivity index (χ2n) is 6.25. The van der Waals surface area contributed by atoms with Crippen molar-refractivity contribution in [2.75, 3.05) is 19.9 Å². The number of ether oxygens (including phenoxy) is 2. The van der Waals surface area contributed by atoms with Crippen molar-refractivity contribution < 1.29 is 27.5 Å². The molecular weight excluding hydrogens is 382 g/mol. The van der Waals surface area contributed by atoms with Gasteiger partial charge in [0, 0.05) is 12.1 Å². The second kappa shape index (κ2) is 9.48. The van der Waals surface area contributed by atoms with Gasteiger partial charge >= 0.3 is 5.97 Å². The molecule has 2 rings (SSSR count). The molecule has 28 heavy (non-hydrogen) atoms. The molecule has 0 aliphatic rings. The smallest absolute Gasteiger partial charge is 0.338 e. The Morgan fingerprint density at radius 2 is 1.57 bits per heavy atom. The average molecular weight is 405 g/mol. The molecule has 0 heterocycles. The van der Waals surface area contributed by atoms with Gasteiger partial charge in [-0.05, 0) is 55.3 Å². The Morgan fingerprint density at radius 3 is 2.11 bits per heavy atom. The Hall–Kier alpha value is -2.71. The molecule has 0 spiro atoms. The van der Waals surface area contributed by atoms with Gasteiger partial charge in [0.25, 0.3) is 0 Å². The van der Waals surface area contributed by atoms with Crippen LogP contribution in [0.1, 0.15) is 33.2 Å². The van der Waals surface area contributed by atoms with Gasteiger partial charge in [-0.3, -0.25) is 4.79 Å². The van der Waals surface area contributed by atoms with E-state index in [2.05, 4.69) is 4.72 Å². The molecule has 8 heteroatoms. The summed E-state index contributed by atoms with van der Waals surface area (Å²) in [4.78, 5) is 24.7. The third kappa shape index (κ3) is 6.47. The third-order valence-electron chi connectivity index (χ3n) is 4.00. The SMILES string of the molecule is COc1ccc(C(=O)[C@H](C)OC(=O)c2ccc(CCNS(C)(=O)=O)cc2)cc1. The van der Waals surface area contributed by atoms with Crippen molar-refractivity contribution in [3.63, 3.8) is 0 Å². The van der Waals surface area contributed by atoms with Gasteiger partial charge in [0.2, 0.25) is 15.8 Å². The zero-order valence-electron chi connectivity index (χ0n) is 16.0. The molecule has 1 N–H and O–H groups in total. The number of hydrogen-bond donors (Lipinski definition) is 1. The number of benzene rings is 2. The summed E-state index contributed by atoms with van der Waals surface area (Å²) in [5.74, 6) is -0.275. The monoisotopic (exact) mass is 405 g/mol. The van der Waals surface area contributed by atoms with Crippen molar-refractivity contribution in [1.29, 1.82) is 0 Å². The number of ketones is 1. The summed E-state index contributed by atoms with van der Waals surface area (Å²) in [7, 11) is -1.69. The zero-order chi connectivity index (χ0) is 20.7. The van der Waals surface area contributed by atoms with Gasteiger partial charge in [-0.1, -0.05) is 12.1 Å². The maximum atomic E-state index is 12.4. The molecule has 0 aromatic heterocycles. The highest BCUT2D eigenvalue weighted by Gasteiger charge is 2.20. The number of esters is 1. The number of carbonyl (C=O) groups is 2. The molecule has 0 saturated heterocycles. The first kappa shape index (κ1) is 21.6. The van der Waals surface area contributed by atoms with Crippen LogP contribution >= 0.6 is 0 Å². The Morgan fingerprint density at radius 1 is 1.00 bits per heavy atom. The van der Waals surface area contributed by atoms with Gasteiger partial charge in [-0.2, -0.15) is 0 Å². The van der Waals surface area contributed by atoms with E-state index in [0.29, 0.717) is 23.3 Å². The number of carbonyl (C=O) groups excluding carboxylic acids is 2. The highest BCUT2D eigenvalue weighted by molar-refractivity contribution is 7.88. The van der Waals surface area contributed by atoms with Crippen LogP contribution < -0.4 is 9.46 Å². The summed E-state index contributed by atoms with van der Waals surface area (Å²) in [5.41, 5.74) is 1.61. The van der Waals surface area contributed by atoms with Gasteiger partial charge in [-0.15, -0.1) is 0 Å². The molecule has 7 nitrogen and oxygen atoms in total. The van der Waals surface area contributed by atoms with Crippen LogP contribution in [0, 0.1) is 0 Å². The minimum absolute atomic E-state index is 0.274. The fraction of sp³-hybridized carbons (Fsp3) is 0.300. The standard InChI is InChI=1S/C20H23NO6S/c1-14(19(22)16-8-10-18(26-2)11-9-16)27-20(23)17-6-4-15(5-7-17)12-13-21-28(3,24)25/h4-11,14,21H,12-13H2,1-3H3/t14-/m0/s1. The predicted molar refractivity (Wildman–Crippen MR) is 105 cm³/mol. The van der Waals surface area contributed by atoms with E-state index in [0.717, 1.165) is 11.8 Å². The van der Waals surface area contributed by atoms with Crippen LogP contribution in [0.3, 0.4) is 0 Å². The van der Waals surface area contributed by atoms with Crippen LogP contribution in [0.15, 0.2) is 48.5 Å². The van der Waals surface area contributed by atoms with Crippen LogP contribution in [0.5, 0.6) is 5.75 Å². The van der Waals surface area contributed by atoms with Crippen molar-refractivity contribution in [2.24, 2.45) is 0 Å². The maximum absolute atomic E-state index is 12.4. The lowest BCUT2D eigenvalue weighted by Crippen LogP contribution is -2.24. The van der Waals surface area contributed by atoms with E-state index in [4.69, 9.17) is 9.47 Å². The van der Waals surface area contributed by atoms with Gasteiger partial charge in [0.05, 0.1) is 18.9 Å². The summed E-state index contributed by atoms with van der Waals surface area (Å²) in [5, 5.41) is 0. The molecule has 0 radical (unpaired) electrons. The number of rotatable bonds is 9. The Bertz CT molecular complexity index is 920. The fourth-order valence-electron chi connectivity index (χ4n) is 2.46. The van der Waals surface area contributed by atoms with E-state index in [1.54, 1.807) is 48.5 Å². The summed E-state index contributed by atoms with van der Waals surface area (Å²) in [6.07, 6.45) is 0.662.